The molecule has 5 nitrogen and oxygen atoms in total. The van der Waals surface area contributed by atoms with Crippen molar-refractivity contribution in [2.24, 2.45) is 0 Å². The van der Waals surface area contributed by atoms with Crippen LogP contribution in [0.5, 0.6) is 5.75 Å². The Bertz CT molecular complexity index is 1200. The number of carbonyl (C=O) groups is 2. The fourth-order valence-electron chi connectivity index (χ4n) is 4.40. The summed E-state index contributed by atoms with van der Waals surface area (Å²) in [5.74, 6) is 0.283. The molecule has 2 aromatic carbocycles. The van der Waals surface area contributed by atoms with Gasteiger partial charge in [0.1, 0.15) is 24.7 Å². The highest BCUT2D eigenvalue weighted by Crippen LogP contribution is 2.34. The van der Waals surface area contributed by atoms with Crippen molar-refractivity contribution in [1.29, 1.82) is 0 Å². The van der Waals surface area contributed by atoms with Gasteiger partial charge >= 0.3 is 0 Å². The monoisotopic (exact) mass is 506 g/mol. The molecule has 1 aromatic heterocycles. The van der Waals surface area contributed by atoms with Gasteiger partial charge in [-0.25, -0.2) is 4.39 Å². The number of amides is 2. The van der Waals surface area contributed by atoms with Gasteiger partial charge in [-0.15, -0.1) is 17.9 Å². The molecule has 2 amide bonds. The van der Waals surface area contributed by atoms with Crippen LogP contribution >= 0.6 is 11.3 Å². The largest absolute Gasteiger partial charge is 0.491 e. The summed E-state index contributed by atoms with van der Waals surface area (Å²) in [7, 11) is 0. The van der Waals surface area contributed by atoms with Crippen LogP contribution < -0.4 is 4.74 Å². The minimum Gasteiger partial charge on any atom is -0.491 e. The normalized spacial score (nSPS) is 14.9. The standard InChI is InChI=1S/C29H31FN2O3S/c1-4-15-31(29(34)22-5-9-23(30)10-6-22)18-28(33)32-16-13-27-25(14-17-36-27)26(32)19-35-24-11-7-21(8-12-24)20(2)3/h4-12,14,17,20,26H,1,13,15-16,18-19H2,2-3H3/t26-/m0/s1. The van der Waals surface area contributed by atoms with E-state index in [4.69, 9.17) is 4.74 Å². The molecule has 3 aromatic rings. The highest BCUT2D eigenvalue weighted by atomic mass is 32.1. The Kier molecular flexibility index (Phi) is 8.21. The van der Waals surface area contributed by atoms with Crippen LogP contribution in [0.15, 0.2) is 72.6 Å². The quantitative estimate of drug-likeness (QED) is 0.343. The van der Waals surface area contributed by atoms with Crippen LogP contribution in [0.25, 0.3) is 0 Å². The summed E-state index contributed by atoms with van der Waals surface area (Å²) >= 11 is 1.69. The predicted molar refractivity (Wildman–Crippen MR) is 141 cm³/mol. The average Bonchev–Trinajstić information content (AvgIpc) is 3.36. The molecule has 2 heterocycles. The molecule has 0 saturated carbocycles. The maximum absolute atomic E-state index is 13.5. The molecule has 0 fully saturated rings. The number of nitrogens with zero attached hydrogens (tertiary/aromatic N) is 2. The Labute approximate surface area is 215 Å². The minimum absolute atomic E-state index is 0.0959. The number of ether oxygens (including phenoxy) is 1. The van der Waals surface area contributed by atoms with Crippen molar-refractivity contribution >= 4 is 23.2 Å². The van der Waals surface area contributed by atoms with Gasteiger partial charge in [0.25, 0.3) is 5.91 Å². The molecule has 0 unspecified atom stereocenters. The Morgan fingerprint density at radius 3 is 2.56 bits per heavy atom. The lowest BCUT2D eigenvalue weighted by molar-refractivity contribution is -0.135. The smallest absolute Gasteiger partial charge is 0.254 e. The fourth-order valence-corrected chi connectivity index (χ4v) is 5.33. The van der Waals surface area contributed by atoms with Crippen LogP contribution in [0, 0.1) is 5.82 Å². The molecule has 1 aliphatic heterocycles. The van der Waals surface area contributed by atoms with Gasteiger partial charge in [-0.05, 0) is 71.3 Å². The first-order valence-electron chi connectivity index (χ1n) is 12.1. The van der Waals surface area contributed by atoms with Crippen LogP contribution in [0.2, 0.25) is 0 Å². The lowest BCUT2D eigenvalue weighted by Crippen LogP contribution is -2.47. The SMILES string of the molecule is C=CCN(CC(=O)N1CCc2sccc2[C@@H]1COc1ccc(C(C)C)cc1)C(=O)c1ccc(F)cc1. The van der Waals surface area contributed by atoms with Gasteiger partial charge < -0.3 is 14.5 Å². The third kappa shape index (κ3) is 5.85. The highest BCUT2D eigenvalue weighted by molar-refractivity contribution is 7.10. The third-order valence-corrected chi connectivity index (χ3v) is 7.42. The van der Waals surface area contributed by atoms with E-state index in [1.807, 2.05) is 22.4 Å². The van der Waals surface area contributed by atoms with Crippen molar-refractivity contribution < 1.29 is 18.7 Å². The number of hydrogen-bond acceptors (Lipinski definition) is 4. The zero-order chi connectivity index (χ0) is 25.7. The van der Waals surface area contributed by atoms with E-state index in [9.17, 15) is 14.0 Å². The second kappa shape index (κ2) is 11.5. The molecule has 0 saturated heterocycles. The molecule has 4 rings (SSSR count). The Balaban J connectivity index is 1.50. The maximum atomic E-state index is 13.5. The van der Waals surface area contributed by atoms with Crippen molar-refractivity contribution in [3.8, 4) is 5.75 Å². The number of fused-ring (bicyclic) bond motifs is 1. The summed E-state index contributed by atoms with van der Waals surface area (Å²) < 4.78 is 19.5. The van der Waals surface area contributed by atoms with Crippen LogP contribution in [0.1, 0.15) is 52.2 Å². The molecule has 0 spiro atoms. The Hall–Kier alpha value is -3.45. The summed E-state index contributed by atoms with van der Waals surface area (Å²) in [6.07, 6.45) is 2.36. The van der Waals surface area contributed by atoms with E-state index >= 15 is 0 Å². The number of hydrogen-bond donors (Lipinski definition) is 0. The van der Waals surface area contributed by atoms with E-state index in [2.05, 4.69) is 38.6 Å². The summed E-state index contributed by atoms with van der Waals surface area (Å²) in [6, 6.07) is 15.2. The first kappa shape index (κ1) is 25.6. The predicted octanol–water partition coefficient (Wildman–Crippen LogP) is 5.84. The van der Waals surface area contributed by atoms with Gasteiger partial charge in [0.15, 0.2) is 0 Å². The molecule has 0 bridgehead atoms. The molecule has 1 aliphatic rings. The summed E-state index contributed by atoms with van der Waals surface area (Å²) in [4.78, 5) is 31.1. The Morgan fingerprint density at radius 2 is 1.89 bits per heavy atom. The Morgan fingerprint density at radius 1 is 1.17 bits per heavy atom. The van der Waals surface area contributed by atoms with E-state index in [0.29, 0.717) is 24.6 Å². The van der Waals surface area contributed by atoms with Crippen molar-refractivity contribution in [3.63, 3.8) is 0 Å². The van der Waals surface area contributed by atoms with E-state index in [0.717, 1.165) is 17.7 Å². The molecule has 0 N–H and O–H groups in total. The van der Waals surface area contributed by atoms with Crippen molar-refractivity contribution in [1.82, 2.24) is 9.80 Å². The molecule has 0 radical (unpaired) electrons. The molecule has 188 valence electrons. The second-order valence-electron chi connectivity index (χ2n) is 9.17. The van der Waals surface area contributed by atoms with Crippen LogP contribution in [0.4, 0.5) is 4.39 Å². The summed E-state index contributed by atoms with van der Waals surface area (Å²) in [6.45, 7) is 9.02. The molecular formula is C29H31FN2O3S. The number of carbonyl (C=O) groups excluding carboxylic acids is 2. The van der Waals surface area contributed by atoms with E-state index in [1.165, 1.54) is 39.6 Å². The fraction of sp³-hybridized carbons (Fsp3) is 0.310. The van der Waals surface area contributed by atoms with Crippen LogP contribution in [-0.2, 0) is 11.2 Å². The van der Waals surface area contributed by atoms with Crippen molar-refractivity contribution in [3.05, 3.63) is 100 Å². The van der Waals surface area contributed by atoms with Crippen LogP contribution in [0.3, 0.4) is 0 Å². The van der Waals surface area contributed by atoms with Gasteiger partial charge in [0, 0.05) is 23.5 Å². The lowest BCUT2D eigenvalue weighted by atomic mass is 10.00. The zero-order valence-corrected chi connectivity index (χ0v) is 21.5. The topological polar surface area (TPSA) is 49.9 Å². The van der Waals surface area contributed by atoms with Crippen molar-refractivity contribution in [2.75, 3.05) is 26.2 Å². The first-order valence-corrected chi connectivity index (χ1v) is 13.0. The third-order valence-electron chi connectivity index (χ3n) is 6.42. The number of rotatable bonds is 9. The van der Waals surface area contributed by atoms with Gasteiger partial charge in [-0.1, -0.05) is 32.1 Å². The van der Waals surface area contributed by atoms with E-state index in [1.54, 1.807) is 17.4 Å². The second-order valence-corrected chi connectivity index (χ2v) is 10.2. The van der Waals surface area contributed by atoms with Gasteiger partial charge in [-0.2, -0.15) is 0 Å². The van der Waals surface area contributed by atoms with Crippen molar-refractivity contribution in [2.45, 2.75) is 32.2 Å². The van der Waals surface area contributed by atoms with Gasteiger partial charge in [-0.3, -0.25) is 9.59 Å². The summed E-state index contributed by atoms with van der Waals surface area (Å²) in [5.41, 5.74) is 2.66. The lowest BCUT2D eigenvalue weighted by Gasteiger charge is -2.37. The molecule has 0 aliphatic carbocycles. The molecule has 7 heteroatoms. The van der Waals surface area contributed by atoms with Gasteiger partial charge in [0.05, 0.1) is 6.04 Å². The van der Waals surface area contributed by atoms with Crippen LogP contribution in [-0.4, -0.2) is 47.9 Å². The highest BCUT2D eigenvalue weighted by Gasteiger charge is 2.33. The maximum Gasteiger partial charge on any atom is 0.254 e. The van der Waals surface area contributed by atoms with Gasteiger partial charge in [0.2, 0.25) is 5.91 Å². The summed E-state index contributed by atoms with van der Waals surface area (Å²) in [5, 5.41) is 2.05. The van der Waals surface area contributed by atoms with E-state index < -0.39 is 5.82 Å². The molecular weight excluding hydrogens is 475 g/mol. The first-order chi connectivity index (χ1) is 17.4. The zero-order valence-electron chi connectivity index (χ0n) is 20.7. The number of halogens is 1. The van der Waals surface area contributed by atoms with E-state index in [-0.39, 0.29) is 30.9 Å². The number of thiophene rings is 1. The molecule has 36 heavy (non-hydrogen) atoms. The average molecular weight is 507 g/mol. The number of benzene rings is 2. The minimum atomic E-state index is -0.417. The molecule has 1 atom stereocenters.